The van der Waals surface area contributed by atoms with E-state index in [4.69, 9.17) is 4.74 Å². The lowest BCUT2D eigenvalue weighted by molar-refractivity contribution is 0.0932. The summed E-state index contributed by atoms with van der Waals surface area (Å²) in [6.45, 7) is 5.21. The molecular weight excluding hydrogens is 292 g/mol. The molecular formula is C17H22N4O2. The van der Waals surface area contributed by atoms with Gasteiger partial charge in [0, 0.05) is 25.5 Å². The highest BCUT2D eigenvalue weighted by Gasteiger charge is 2.08. The Bertz CT molecular complexity index is 641. The van der Waals surface area contributed by atoms with Crippen LogP contribution in [0.25, 0.3) is 0 Å². The summed E-state index contributed by atoms with van der Waals surface area (Å²) in [4.78, 5) is 20.3. The van der Waals surface area contributed by atoms with Gasteiger partial charge in [-0.2, -0.15) is 0 Å². The molecule has 2 N–H and O–H groups in total. The summed E-state index contributed by atoms with van der Waals surface area (Å²) in [6, 6.07) is 9.66. The molecule has 0 spiro atoms. The lowest BCUT2D eigenvalue weighted by Crippen LogP contribution is -2.27. The third-order valence-electron chi connectivity index (χ3n) is 3.31. The van der Waals surface area contributed by atoms with E-state index in [2.05, 4.69) is 46.6 Å². The van der Waals surface area contributed by atoms with Crippen LogP contribution in [0.2, 0.25) is 0 Å². The van der Waals surface area contributed by atoms with Crippen LogP contribution in [0.1, 0.15) is 35.8 Å². The summed E-state index contributed by atoms with van der Waals surface area (Å²) in [5.41, 5.74) is 2.46. The van der Waals surface area contributed by atoms with Gasteiger partial charge in [-0.15, -0.1) is 0 Å². The molecule has 0 aliphatic heterocycles. The van der Waals surface area contributed by atoms with Crippen molar-refractivity contribution in [2.24, 2.45) is 0 Å². The van der Waals surface area contributed by atoms with Gasteiger partial charge in [0.2, 0.25) is 5.95 Å². The molecule has 23 heavy (non-hydrogen) atoms. The highest BCUT2D eigenvalue weighted by Crippen LogP contribution is 2.19. The number of nitrogens with one attached hydrogen (secondary N) is 2. The number of hydrogen-bond acceptors (Lipinski definition) is 5. The predicted molar refractivity (Wildman–Crippen MR) is 90.1 cm³/mol. The number of hydrogen-bond donors (Lipinski definition) is 2. The molecule has 0 aliphatic rings. The third-order valence-corrected chi connectivity index (χ3v) is 3.31. The van der Waals surface area contributed by atoms with Gasteiger partial charge in [-0.05, 0) is 29.7 Å². The summed E-state index contributed by atoms with van der Waals surface area (Å²) < 4.78 is 4.90. The van der Waals surface area contributed by atoms with E-state index in [9.17, 15) is 4.79 Å². The first-order valence-corrected chi connectivity index (χ1v) is 7.57. The average Bonchev–Trinajstić information content (AvgIpc) is 2.56. The van der Waals surface area contributed by atoms with Crippen LogP contribution in [0, 0.1) is 0 Å². The molecule has 0 saturated heterocycles. The first-order valence-electron chi connectivity index (χ1n) is 7.57. The first-order chi connectivity index (χ1) is 11.1. The predicted octanol–water partition coefficient (Wildman–Crippen LogP) is 2.72. The van der Waals surface area contributed by atoms with Crippen LogP contribution in [0.15, 0.2) is 36.5 Å². The van der Waals surface area contributed by atoms with Crippen LogP contribution in [0.3, 0.4) is 0 Å². The van der Waals surface area contributed by atoms with Gasteiger partial charge >= 0.3 is 0 Å². The molecule has 0 radical (unpaired) electrons. The molecule has 2 rings (SSSR count). The molecule has 6 heteroatoms. The number of benzene rings is 1. The minimum atomic E-state index is -0.248. The van der Waals surface area contributed by atoms with Crippen LogP contribution < -0.4 is 10.6 Å². The third kappa shape index (κ3) is 5.03. The Hall–Kier alpha value is -2.47. The number of nitrogens with zero attached hydrogens (tertiary/aromatic N) is 2. The van der Waals surface area contributed by atoms with Gasteiger partial charge < -0.3 is 15.4 Å². The fourth-order valence-electron chi connectivity index (χ4n) is 1.98. The molecule has 0 unspecified atom stereocenters. The zero-order valence-corrected chi connectivity index (χ0v) is 13.7. The van der Waals surface area contributed by atoms with E-state index >= 15 is 0 Å². The van der Waals surface area contributed by atoms with E-state index in [0.717, 1.165) is 5.69 Å². The molecule has 6 nitrogen and oxygen atoms in total. The van der Waals surface area contributed by atoms with Crippen molar-refractivity contribution in [3.05, 3.63) is 47.8 Å². The van der Waals surface area contributed by atoms with Gasteiger partial charge in [-0.3, -0.25) is 4.79 Å². The largest absolute Gasteiger partial charge is 0.383 e. The van der Waals surface area contributed by atoms with E-state index in [1.54, 1.807) is 19.4 Å². The second-order valence-corrected chi connectivity index (χ2v) is 5.42. The maximum atomic E-state index is 12.0. The van der Waals surface area contributed by atoms with Crippen molar-refractivity contribution >= 4 is 17.5 Å². The molecule has 1 amide bonds. The summed E-state index contributed by atoms with van der Waals surface area (Å²) in [6.07, 6.45) is 1.56. The highest BCUT2D eigenvalue weighted by molar-refractivity contribution is 5.92. The van der Waals surface area contributed by atoms with Crippen molar-refractivity contribution in [3.63, 3.8) is 0 Å². The molecule has 0 bridgehead atoms. The fraction of sp³-hybridized carbons (Fsp3) is 0.353. The van der Waals surface area contributed by atoms with Crippen LogP contribution in [-0.2, 0) is 4.74 Å². The molecule has 0 aliphatic carbocycles. The minimum Gasteiger partial charge on any atom is -0.383 e. The topological polar surface area (TPSA) is 76.1 Å². The second-order valence-electron chi connectivity index (χ2n) is 5.42. The molecule has 1 aromatic heterocycles. The number of amides is 1. The SMILES string of the molecule is COCCNC(=O)c1ccnc(Nc2ccc(C(C)C)cc2)n1. The van der Waals surface area contributed by atoms with Crippen molar-refractivity contribution in [2.75, 3.05) is 25.6 Å². The number of ether oxygens (including phenoxy) is 1. The first kappa shape index (κ1) is 16.9. The van der Waals surface area contributed by atoms with Gasteiger partial charge in [0.05, 0.1) is 6.61 Å². The number of carbonyl (C=O) groups is 1. The van der Waals surface area contributed by atoms with E-state index in [0.29, 0.717) is 30.7 Å². The molecule has 0 saturated carbocycles. The molecule has 122 valence electrons. The fourth-order valence-corrected chi connectivity index (χ4v) is 1.98. The quantitative estimate of drug-likeness (QED) is 0.769. The molecule has 1 aromatic carbocycles. The van der Waals surface area contributed by atoms with Crippen molar-refractivity contribution in [3.8, 4) is 0 Å². The maximum absolute atomic E-state index is 12.0. The smallest absolute Gasteiger partial charge is 0.270 e. The second kappa shape index (κ2) is 8.24. The standard InChI is InChI=1S/C17H22N4O2/c1-12(2)13-4-6-14(7-5-13)20-17-19-9-8-15(21-17)16(22)18-10-11-23-3/h4-9,12H,10-11H2,1-3H3,(H,18,22)(H,19,20,21). The molecule has 0 atom stereocenters. The Labute approximate surface area is 136 Å². The monoisotopic (exact) mass is 314 g/mol. The summed E-state index contributed by atoms with van der Waals surface area (Å²) >= 11 is 0. The molecule has 0 fully saturated rings. The zero-order valence-electron chi connectivity index (χ0n) is 13.7. The Morgan fingerprint density at radius 3 is 2.61 bits per heavy atom. The lowest BCUT2D eigenvalue weighted by atomic mass is 10.0. The van der Waals surface area contributed by atoms with Crippen molar-refractivity contribution in [1.82, 2.24) is 15.3 Å². The maximum Gasteiger partial charge on any atom is 0.270 e. The minimum absolute atomic E-state index is 0.248. The lowest BCUT2D eigenvalue weighted by Gasteiger charge is -2.09. The van der Waals surface area contributed by atoms with Crippen molar-refractivity contribution in [1.29, 1.82) is 0 Å². The van der Waals surface area contributed by atoms with Gasteiger partial charge in [-0.1, -0.05) is 26.0 Å². The number of rotatable bonds is 7. The summed E-state index contributed by atoms with van der Waals surface area (Å²) in [5.74, 6) is 0.628. The van der Waals surface area contributed by atoms with E-state index in [-0.39, 0.29) is 5.91 Å². The number of methoxy groups -OCH3 is 1. The van der Waals surface area contributed by atoms with Crippen LogP contribution in [-0.4, -0.2) is 36.1 Å². The zero-order chi connectivity index (χ0) is 16.7. The number of aromatic nitrogens is 2. The van der Waals surface area contributed by atoms with E-state index in [1.165, 1.54) is 5.56 Å². The van der Waals surface area contributed by atoms with Crippen LogP contribution in [0.4, 0.5) is 11.6 Å². The normalized spacial score (nSPS) is 10.6. The van der Waals surface area contributed by atoms with Crippen molar-refractivity contribution < 1.29 is 9.53 Å². The number of carbonyl (C=O) groups excluding carboxylic acids is 1. The van der Waals surface area contributed by atoms with Gasteiger partial charge in [0.1, 0.15) is 5.69 Å². The van der Waals surface area contributed by atoms with E-state index in [1.807, 2.05) is 12.1 Å². The summed E-state index contributed by atoms with van der Waals surface area (Å²) in [5, 5.41) is 5.83. The molecule has 1 heterocycles. The molecule has 2 aromatic rings. The summed E-state index contributed by atoms with van der Waals surface area (Å²) in [7, 11) is 1.59. The Morgan fingerprint density at radius 1 is 1.22 bits per heavy atom. The number of anilines is 2. The van der Waals surface area contributed by atoms with Crippen molar-refractivity contribution in [2.45, 2.75) is 19.8 Å². The van der Waals surface area contributed by atoms with E-state index < -0.39 is 0 Å². The Balaban J connectivity index is 2.03. The Morgan fingerprint density at radius 2 is 1.96 bits per heavy atom. The van der Waals surface area contributed by atoms with Gasteiger partial charge in [0.15, 0.2) is 0 Å². The van der Waals surface area contributed by atoms with Gasteiger partial charge in [0.25, 0.3) is 5.91 Å². The average molecular weight is 314 g/mol. The van der Waals surface area contributed by atoms with Crippen LogP contribution >= 0.6 is 0 Å². The highest BCUT2D eigenvalue weighted by atomic mass is 16.5. The Kier molecular flexibility index (Phi) is 6.05. The van der Waals surface area contributed by atoms with Crippen LogP contribution in [0.5, 0.6) is 0 Å². The van der Waals surface area contributed by atoms with Gasteiger partial charge in [-0.25, -0.2) is 9.97 Å².